The summed E-state index contributed by atoms with van der Waals surface area (Å²) >= 11 is 0. The normalized spacial score (nSPS) is 15.7. The molecule has 0 saturated carbocycles. The van der Waals surface area contributed by atoms with Gasteiger partial charge in [-0.3, -0.25) is 9.78 Å². The molecule has 26 heavy (non-hydrogen) atoms. The van der Waals surface area contributed by atoms with Crippen LogP contribution in [0.15, 0.2) is 65.6 Å². The SMILES string of the molecule is COC(=O)C1=C(C)N(Cc2cccnc2)C(=O)C1=Cc1ccc(O)cc1. The van der Waals surface area contributed by atoms with Crippen molar-refractivity contribution in [1.29, 1.82) is 0 Å². The van der Waals surface area contributed by atoms with E-state index in [0.29, 0.717) is 17.8 Å². The fourth-order valence-corrected chi connectivity index (χ4v) is 2.83. The van der Waals surface area contributed by atoms with Crippen molar-refractivity contribution in [2.45, 2.75) is 13.5 Å². The van der Waals surface area contributed by atoms with Crippen molar-refractivity contribution < 1.29 is 19.4 Å². The molecule has 0 fully saturated rings. The smallest absolute Gasteiger partial charge is 0.340 e. The maximum atomic E-state index is 13.0. The number of phenols is 1. The zero-order chi connectivity index (χ0) is 18.7. The number of aromatic hydroxyl groups is 1. The molecule has 0 spiro atoms. The Morgan fingerprint density at radius 3 is 2.62 bits per heavy atom. The molecular weight excluding hydrogens is 332 g/mol. The Bertz CT molecular complexity index is 899. The van der Waals surface area contributed by atoms with Crippen LogP contribution in [0.2, 0.25) is 0 Å². The number of hydrogen-bond acceptors (Lipinski definition) is 5. The van der Waals surface area contributed by atoms with E-state index in [-0.39, 0.29) is 22.8 Å². The summed E-state index contributed by atoms with van der Waals surface area (Å²) in [4.78, 5) is 30.8. The van der Waals surface area contributed by atoms with Crippen molar-refractivity contribution in [2.75, 3.05) is 7.11 Å². The van der Waals surface area contributed by atoms with Crippen molar-refractivity contribution >= 4 is 18.0 Å². The number of aromatic nitrogens is 1. The Kier molecular flexibility index (Phi) is 4.84. The molecule has 1 aliphatic rings. The lowest BCUT2D eigenvalue weighted by atomic mass is 10.0. The Labute approximate surface area is 151 Å². The fourth-order valence-electron chi connectivity index (χ4n) is 2.83. The van der Waals surface area contributed by atoms with E-state index < -0.39 is 5.97 Å². The molecule has 0 saturated heterocycles. The summed E-state index contributed by atoms with van der Waals surface area (Å²) in [5, 5.41) is 9.41. The first-order chi connectivity index (χ1) is 12.5. The molecule has 1 aliphatic heterocycles. The topological polar surface area (TPSA) is 79.7 Å². The number of allylic oxidation sites excluding steroid dienone is 1. The first-order valence-electron chi connectivity index (χ1n) is 8.02. The fraction of sp³-hybridized carbons (Fsp3) is 0.150. The molecule has 0 unspecified atom stereocenters. The van der Waals surface area contributed by atoms with Gasteiger partial charge in [0.05, 0.1) is 24.8 Å². The van der Waals surface area contributed by atoms with Gasteiger partial charge < -0.3 is 14.7 Å². The average Bonchev–Trinajstić information content (AvgIpc) is 2.88. The van der Waals surface area contributed by atoms with Crippen LogP contribution in [-0.4, -0.2) is 34.0 Å². The predicted octanol–water partition coefficient (Wildman–Crippen LogP) is 2.66. The second-order valence-corrected chi connectivity index (χ2v) is 5.85. The highest BCUT2D eigenvalue weighted by molar-refractivity contribution is 6.16. The monoisotopic (exact) mass is 350 g/mol. The van der Waals surface area contributed by atoms with Crippen LogP contribution in [0.25, 0.3) is 6.08 Å². The Morgan fingerprint density at radius 2 is 2.00 bits per heavy atom. The minimum Gasteiger partial charge on any atom is -0.508 e. The highest BCUT2D eigenvalue weighted by Gasteiger charge is 2.36. The van der Waals surface area contributed by atoms with Crippen LogP contribution in [0.3, 0.4) is 0 Å². The number of rotatable bonds is 4. The second kappa shape index (κ2) is 7.23. The third-order valence-corrected chi connectivity index (χ3v) is 4.17. The van der Waals surface area contributed by atoms with Crippen molar-refractivity contribution in [3.05, 3.63) is 76.8 Å². The average molecular weight is 350 g/mol. The van der Waals surface area contributed by atoms with Gasteiger partial charge in [0.25, 0.3) is 5.91 Å². The number of benzene rings is 1. The van der Waals surface area contributed by atoms with E-state index in [1.165, 1.54) is 24.1 Å². The van der Waals surface area contributed by atoms with Crippen molar-refractivity contribution in [2.24, 2.45) is 0 Å². The third kappa shape index (κ3) is 3.35. The number of hydrogen-bond donors (Lipinski definition) is 1. The first kappa shape index (κ1) is 17.4. The Hall–Kier alpha value is -3.41. The third-order valence-electron chi connectivity index (χ3n) is 4.17. The molecular formula is C20H18N2O4. The van der Waals surface area contributed by atoms with E-state index in [4.69, 9.17) is 4.74 Å². The van der Waals surface area contributed by atoms with Crippen molar-refractivity contribution in [3.63, 3.8) is 0 Å². The quantitative estimate of drug-likeness (QED) is 0.677. The molecule has 1 aromatic carbocycles. The van der Waals surface area contributed by atoms with Gasteiger partial charge in [-0.2, -0.15) is 0 Å². The number of esters is 1. The van der Waals surface area contributed by atoms with Gasteiger partial charge in [-0.25, -0.2) is 4.79 Å². The second-order valence-electron chi connectivity index (χ2n) is 5.85. The summed E-state index contributed by atoms with van der Waals surface area (Å²) in [6, 6.07) is 10.0. The van der Waals surface area contributed by atoms with Crippen LogP contribution < -0.4 is 0 Å². The van der Waals surface area contributed by atoms with Gasteiger partial charge in [0.1, 0.15) is 5.75 Å². The van der Waals surface area contributed by atoms with E-state index >= 15 is 0 Å². The summed E-state index contributed by atoms with van der Waals surface area (Å²) < 4.78 is 4.87. The molecule has 0 aliphatic carbocycles. The number of phenolic OH excluding ortho intramolecular Hbond substituents is 1. The van der Waals surface area contributed by atoms with E-state index in [0.717, 1.165) is 5.56 Å². The van der Waals surface area contributed by atoms with Crippen LogP contribution >= 0.6 is 0 Å². The number of pyridine rings is 1. The summed E-state index contributed by atoms with van der Waals surface area (Å²) in [6.45, 7) is 2.03. The van der Waals surface area contributed by atoms with Crippen LogP contribution in [0.4, 0.5) is 0 Å². The molecule has 132 valence electrons. The van der Waals surface area contributed by atoms with Gasteiger partial charge in [-0.1, -0.05) is 18.2 Å². The van der Waals surface area contributed by atoms with Gasteiger partial charge in [0.15, 0.2) is 0 Å². The van der Waals surface area contributed by atoms with E-state index in [9.17, 15) is 14.7 Å². The summed E-state index contributed by atoms with van der Waals surface area (Å²) in [7, 11) is 1.29. The molecule has 6 heteroatoms. The minimum atomic E-state index is -0.561. The Morgan fingerprint density at radius 1 is 1.27 bits per heavy atom. The Balaban J connectivity index is 2.02. The lowest BCUT2D eigenvalue weighted by Crippen LogP contribution is -2.24. The lowest BCUT2D eigenvalue weighted by Gasteiger charge is -2.17. The molecule has 2 heterocycles. The zero-order valence-electron chi connectivity index (χ0n) is 14.5. The van der Waals surface area contributed by atoms with Crippen molar-refractivity contribution in [3.8, 4) is 5.75 Å². The van der Waals surface area contributed by atoms with Crippen LogP contribution in [0.1, 0.15) is 18.1 Å². The minimum absolute atomic E-state index is 0.128. The molecule has 0 bridgehead atoms. The number of nitrogens with zero attached hydrogens (tertiary/aromatic N) is 2. The molecule has 3 rings (SSSR count). The summed E-state index contributed by atoms with van der Waals surface area (Å²) in [5.41, 5.74) is 2.60. The van der Waals surface area contributed by atoms with Crippen LogP contribution in [0.5, 0.6) is 5.75 Å². The largest absolute Gasteiger partial charge is 0.508 e. The van der Waals surface area contributed by atoms with Gasteiger partial charge in [0.2, 0.25) is 0 Å². The van der Waals surface area contributed by atoms with Gasteiger partial charge in [-0.05, 0) is 42.3 Å². The number of amides is 1. The maximum absolute atomic E-state index is 13.0. The summed E-state index contributed by atoms with van der Waals surface area (Å²) in [5.74, 6) is -0.711. The number of carbonyl (C=O) groups is 2. The predicted molar refractivity (Wildman–Crippen MR) is 95.6 cm³/mol. The zero-order valence-corrected chi connectivity index (χ0v) is 14.5. The number of ether oxygens (including phenoxy) is 1. The van der Waals surface area contributed by atoms with Gasteiger partial charge in [-0.15, -0.1) is 0 Å². The highest BCUT2D eigenvalue weighted by Crippen LogP contribution is 2.32. The lowest BCUT2D eigenvalue weighted by molar-refractivity contribution is -0.136. The van der Waals surface area contributed by atoms with E-state index in [2.05, 4.69) is 4.98 Å². The molecule has 1 aromatic heterocycles. The maximum Gasteiger partial charge on any atom is 0.340 e. The molecule has 1 N–H and O–H groups in total. The highest BCUT2D eigenvalue weighted by atomic mass is 16.5. The molecule has 6 nitrogen and oxygen atoms in total. The molecule has 0 radical (unpaired) electrons. The molecule has 1 amide bonds. The first-order valence-corrected chi connectivity index (χ1v) is 8.02. The van der Waals surface area contributed by atoms with Gasteiger partial charge >= 0.3 is 5.97 Å². The molecule has 0 atom stereocenters. The van der Waals surface area contributed by atoms with Crippen molar-refractivity contribution in [1.82, 2.24) is 9.88 Å². The van der Waals surface area contributed by atoms with E-state index in [1.54, 1.807) is 43.6 Å². The standard InChI is InChI=1S/C20H18N2O4/c1-13-18(20(25)26-2)17(10-14-5-7-16(23)8-6-14)19(24)22(13)12-15-4-3-9-21-11-15/h3-11,23H,12H2,1-2H3. The van der Waals surface area contributed by atoms with Crippen LogP contribution in [-0.2, 0) is 20.9 Å². The van der Waals surface area contributed by atoms with E-state index in [1.807, 2.05) is 6.07 Å². The molecule has 2 aromatic rings. The van der Waals surface area contributed by atoms with Crippen LogP contribution in [0, 0.1) is 0 Å². The number of carbonyl (C=O) groups excluding carboxylic acids is 2. The number of methoxy groups -OCH3 is 1. The van der Waals surface area contributed by atoms with Gasteiger partial charge in [0, 0.05) is 18.1 Å². The summed E-state index contributed by atoms with van der Waals surface area (Å²) in [6.07, 6.45) is 4.97.